The Bertz CT molecular complexity index is 70.9. The summed E-state index contributed by atoms with van der Waals surface area (Å²) in [5.41, 5.74) is 2.03. The van der Waals surface area contributed by atoms with E-state index >= 15 is 0 Å². The topological polar surface area (TPSA) is 9.23 Å². The molecular formula is C6H14OSi. The van der Waals surface area contributed by atoms with Crippen LogP contribution in [-0.2, 0) is 4.74 Å². The van der Waals surface area contributed by atoms with Gasteiger partial charge in [0.1, 0.15) is 0 Å². The van der Waals surface area contributed by atoms with Crippen LogP contribution in [-0.4, -0.2) is 16.3 Å². The molecule has 0 aromatic rings. The normalized spacial score (nSPS) is 14.8. The zero-order chi connectivity index (χ0) is 6.41. The van der Waals surface area contributed by atoms with Gasteiger partial charge in [-0.2, -0.15) is 0 Å². The van der Waals surface area contributed by atoms with Gasteiger partial charge < -0.3 is 4.74 Å². The first-order valence-electron chi connectivity index (χ1n) is 3.07. The van der Waals surface area contributed by atoms with Gasteiger partial charge >= 0.3 is 0 Å². The van der Waals surface area contributed by atoms with Gasteiger partial charge in [0.25, 0.3) is 0 Å². The lowest BCUT2D eigenvalue weighted by molar-refractivity contribution is 0.158. The van der Waals surface area contributed by atoms with E-state index in [0.717, 1.165) is 16.7 Å². The third-order valence-corrected chi connectivity index (χ3v) is 1.29. The molecule has 0 rings (SSSR count). The van der Waals surface area contributed by atoms with Crippen molar-refractivity contribution in [1.29, 1.82) is 0 Å². The van der Waals surface area contributed by atoms with Gasteiger partial charge in [-0.15, -0.1) is 0 Å². The molecule has 2 heteroatoms. The first-order valence-corrected chi connectivity index (χ1v) is 4.23. The fourth-order valence-electron chi connectivity index (χ4n) is 0.309. The van der Waals surface area contributed by atoms with Crippen LogP contribution in [0.5, 0.6) is 0 Å². The molecule has 0 aliphatic heterocycles. The molecule has 0 bridgehead atoms. The van der Waals surface area contributed by atoms with E-state index in [4.69, 9.17) is 4.74 Å². The van der Waals surface area contributed by atoms with E-state index in [1.165, 1.54) is 0 Å². The van der Waals surface area contributed by atoms with Crippen molar-refractivity contribution in [2.45, 2.75) is 26.4 Å². The Hall–Kier alpha value is -0.243. The largest absolute Gasteiger partial charge is 0.499 e. The van der Waals surface area contributed by atoms with Crippen LogP contribution in [0.15, 0.2) is 12.0 Å². The average Bonchev–Trinajstić information content (AvgIpc) is 1.83. The van der Waals surface area contributed by atoms with Crippen molar-refractivity contribution < 1.29 is 4.74 Å². The van der Waals surface area contributed by atoms with Crippen molar-refractivity contribution in [2.24, 2.45) is 0 Å². The molecule has 1 unspecified atom stereocenters. The summed E-state index contributed by atoms with van der Waals surface area (Å²) >= 11 is 0. The zero-order valence-corrected chi connectivity index (χ0v) is 7.85. The Balaban J connectivity index is 3.10. The first-order chi connectivity index (χ1) is 3.81. The number of rotatable bonds is 3. The molecule has 0 saturated carbocycles. The SMILES string of the molecule is CCC(C)OC=C[SiH3]. The van der Waals surface area contributed by atoms with Crippen LogP contribution in [0.2, 0.25) is 0 Å². The summed E-state index contributed by atoms with van der Waals surface area (Å²) in [5, 5.41) is 0. The lowest BCUT2D eigenvalue weighted by Gasteiger charge is -2.05. The lowest BCUT2D eigenvalue weighted by atomic mass is 10.3. The maximum atomic E-state index is 5.19. The highest BCUT2D eigenvalue weighted by Crippen LogP contribution is 1.94. The highest BCUT2D eigenvalue weighted by atomic mass is 28.1. The van der Waals surface area contributed by atoms with Crippen molar-refractivity contribution in [3.8, 4) is 0 Å². The molecular weight excluding hydrogens is 116 g/mol. The first kappa shape index (κ1) is 7.76. The maximum Gasteiger partial charge on any atom is 0.0947 e. The molecule has 0 spiro atoms. The van der Waals surface area contributed by atoms with Gasteiger partial charge in [0.2, 0.25) is 0 Å². The van der Waals surface area contributed by atoms with Crippen LogP contribution in [0.3, 0.4) is 0 Å². The van der Waals surface area contributed by atoms with Crippen molar-refractivity contribution in [3.05, 3.63) is 12.0 Å². The van der Waals surface area contributed by atoms with Gasteiger partial charge in [0.05, 0.1) is 12.4 Å². The minimum atomic E-state index is 0.389. The quantitative estimate of drug-likeness (QED) is 0.402. The van der Waals surface area contributed by atoms with E-state index in [2.05, 4.69) is 13.8 Å². The highest BCUT2D eigenvalue weighted by Gasteiger charge is 1.90. The molecule has 0 N–H and O–H groups in total. The minimum Gasteiger partial charge on any atom is -0.499 e. The summed E-state index contributed by atoms with van der Waals surface area (Å²) in [6.45, 7) is 4.19. The Labute approximate surface area is 54.2 Å². The molecule has 0 aromatic carbocycles. The highest BCUT2D eigenvalue weighted by molar-refractivity contribution is 6.16. The van der Waals surface area contributed by atoms with Crippen LogP contribution in [0, 0.1) is 0 Å². The Kier molecular flexibility index (Phi) is 4.76. The van der Waals surface area contributed by atoms with Crippen molar-refractivity contribution in [3.63, 3.8) is 0 Å². The van der Waals surface area contributed by atoms with Gasteiger partial charge in [0.15, 0.2) is 0 Å². The summed E-state index contributed by atoms with van der Waals surface area (Å²) in [5.74, 6) is 0. The van der Waals surface area contributed by atoms with Gasteiger partial charge in [0, 0.05) is 10.2 Å². The summed E-state index contributed by atoms with van der Waals surface area (Å²) in [6.07, 6.45) is 3.27. The molecule has 8 heavy (non-hydrogen) atoms. The third-order valence-electron chi connectivity index (χ3n) is 1.02. The number of hydrogen-bond donors (Lipinski definition) is 0. The van der Waals surface area contributed by atoms with E-state index in [-0.39, 0.29) is 0 Å². The average molecular weight is 130 g/mol. The Morgan fingerprint density at radius 1 is 1.75 bits per heavy atom. The summed E-state index contributed by atoms with van der Waals surface area (Å²) in [4.78, 5) is 0. The van der Waals surface area contributed by atoms with Crippen LogP contribution < -0.4 is 0 Å². The van der Waals surface area contributed by atoms with E-state index in [0.29, 0.717) is 6.10 Å². The molecule has 1 atom stereocenters. The van der Waals surface area contributed by atoms with E-state index in [9.17, 15) is 0 Å². The van der Waals surface area contributed by atoms with Crippen molar-refractivity contribution in [1.82, 2.24) is 0 Å². The van der Waals surface area contributed by atoms with Crippen LogP contribution in [0.4, 0.5) is 0 Å². The standard InChI is InChI=1S/C6H14OSi/c1-3-6(2)7-4-5-8/h4-6H,3H2,1-2,8H3. The second-order valence-electron chi connectivity index (χ2n) is 1.82. The van der Waals surface area contributed by atoms with Gasteiger partial charge in [-0.05, 0) is 13.3 Å². The van der Waals surface area contributed by atoms with Gasteiger partial charge in [-0.1, -0.05) is 12.6 Å². The van der Waals surface area contributed by atoms with Crippen molar-refractivity contribution in [2.75, 3.05) is 0 Å². The molecule has 0 fully saturated rings. The second kappa shape index (κ2) is 4.90. The van der Waals surface area contributed by atoms with E-state index in [1.807, 2.05) is 5.70 Å². The Morgan fingerprint density at radius 3 is 2.75 bits per heavy atom. The predicted octanol–water partition coefficient (Wildman–Crippen LogP) is 0.638. The molecule has 0 saturated heterocycles. The van der Waals surface area contributed by atoms with Crippen molar-refractivity contribution >= 4 is 10.2 Å². The molecule has 0 aromatic heterocycles. The predicted molar refractivity (Wildman–Crippen MR) is 39.9 cm³/mol. The molecule has 1 nitrogen and oxygen atoms in total. The van der Waals surface area contributed by atoms with E-state index in [1.54, 1.807) is 6.26 Å². The van der Waals surface area contributed by atoms with E-state index < -0.39 is 0 Å². The smallest absolute Gasteiger partial charge is 0.0947 e. The van der Waals surface area contributed by atoms with Gasteiger partial charge in [-0.25, -0.2) is 0 Å². The zero-order valence-electron chi connectivity index (χ0n) is 5.85. The fraction of sp³-hybridized carbons (Fsp3) is 0.667. The molecule has 0 aliphatic rings. The van der Waals surface area contributed by atoms with Gasteiger partial charge in [-0.3, -0.25) is 0 Å². The molecule has 0 amide bonds. The van der Waals surface area contributed by atoms with Crippen LogP contribution in [0.1, 0.15) is 20.3 Å². The van der Waals surface area contributed by atoms with Crippen LogP contribution in [0.25, 0.3) is 0 Å². The minimum absolute atomic E-state index is 0.389. The molecule has 0 heterocycles. The Morgan fingerprint density at radius 2 is 2.38 bits per heavy atom. The summed E-state index contributed by atoms with van der Waals surface area (Å²) in [7, 11) is 1.09. The van der Waals surface area contributed by atoms with Crippen LogP contribution >= 0.6 is 0 Å². The lowest BCUT2D eigenvalue weighted by Crippen LogP contribution is -1.99. The second-order valence-corrected chi connectivity index (χ2v) is 2.49. The number of hydrogen-bond acceptors (Lipinski definition) is 1. The summed E-state index contributed by atoms with van der Waals surface area (Å²) in [6, 6.07) is 0. The third kappa shape index (κ3) is 3.93. The maximum absolute atomic E-state index is 5.19. The molecule has 0 radical (unpaired) electrons. The molecule has 0 aliphatic carbocycles. The monoisotopic (exact) mass is 130 g/mol. The summed E-state index contributed by atoms with van der Waals surface area (Å²) < 4.78 is 5.19. The fourth-order valence-corrected chi connectivity index (χ4v) is 0.466. The molecule has 48 valence electrons. The number of ether oxygens (including phenoxy) is 1.